The lowest BCUT2D eigenvalue weighted by molar-refractivity contribution is -0.119. The molecule has 0 bridgehead atoms. The molecule has 1 aliphatic heterocycles. The Morgan fingerprint density at radius 1 is 0.971 bits per heavy atom. The minimum Gasteiger partial charge on any atom is -0.493 e. The van der Waals surface area contributed by atoms with Crippen LogP contribution in [0.5, 0.6) is 5.75 Å². The zero-order valence-corrected chi connectivity index (χ0v) is 19.7. The highest BCUT2D eigenvalue weighted by atomic mass is 16.5. The Kier molecular flexibility index (Phi) is 7.48. The lowest BCUT2D eigenvalue weighted by Gasteiger charge is -2.25. The summed E-state index contributed by atoms with van der Waals surface area (Å²) in [5.74, 6) is 0.211. The lowest BCUT2D eigenvalue weighted by atomic mass is 10.1. The van der Waals surface area contributed by atoms with Crippen molar-refractivity contribution in [2.75, 3.05) is 23.8 Å². The highest BCUT2D eigenvalue weighted by molar-refractivity contribution is 6.02. The van der Waals surface area contributed by atoms with E-state index in [9.17, 15) is 9.59 Å². The first kappa shape index (κ1) is 23.4. The molecule has 1 heterocycles. The number of rotatable bonds is 8. The molecule has 2 unspecified atom stereocenters. The van der Waals surface area contributed by atoms with Crippen molar-refractivity contribution in [2.45, 2.75) is 38.8 Å². The quantitative estimate of drug-likeness (QED) is 0.468. The largest absolute Gasteiger partial charge is 0.493 e. The number of anilines is 2. The molecule has 6 heteroatoms. The zero-order chi connectivity index (χ0) is 23.9. The average Bonchev–Trinajstić information content (AvgIpc) is 3.36. The van der Waals surface area contributed by atoms with Crippen LogP contribution in [0.2, 0.25) is 0 Å². The van der Waals surface area contributed by atoms with Crippen LogP contribution in [0.1, 0.15) is 48.7 Å². The summed E-state index contributed by atoms with van der Waals surface area (Å²) >= 11 is 0. The SMILES string of the molecule is CCOc1ccccc1C(=O)N1CCCC1C(=O)Nc1ccc(NC(C)c2ccccc2)cc1. The Morgan fingerprint density at radius 2 is 1.65 bits per heavy atom. The van der Waals surface area contributed by atoms with E-state index in [4.69, 9.17) is 4.74 Å². The first-order valence-electron chi connectivity index (χ1n) is 11.8. The van der Waals surface area contributed by atoms with Crippen molar-refractivity contribution < 1.29 is 14.3 Å². The summed E-state index contributed by atoms with van der Waals surface area (Å²) in [6.45, 7) is 5.03. The van der Waals surface area contributed by atoms with Gasteiger partial charge in [-0.3, -0.25) is 9.59 Å². The number of hydrogen-bond donors (Lipinski definition) is 2. The van der Waals surface area contributed by atoms with Gasteiger partial charge in [0.25, 0.3) is 5.91 Å². The lowest BCUT2D eigenvalue weighted by Crippen LogP contribution is -2.43. The predicted molar refractivity (Wildman–Crippen MR) is 135 cm³/mol. The highest BCUT2D eigenvalue weighted by Crippen LogP contribution is 2.27. The van der Waals surface area contributed by atoms with E-state index < -0.39 is 6.04 Å². The molecule has 1 aliphatic rings. The third kappa shape index (κ3) is 5.39. The average molecular weight is 458 g/mol. The Morgan fingerprint density at radius 3 is 2.38 bits per heavy atom. The van der Waals surface area contributed by atoms with E-state index in [1.807, 2.05) is 61.5 Å². The van der Waals surface area contributed by atoms with Crippen LogP contribution in [0, 0.1) is 0 Å². The van der Waals surface area contributed by atoms with Gasteiger partial charge in [0.05, 0.1) is 12.2 Å². The van der Waals surface area contributed by atoms with Gasteiger partial charge in [0.15, 0.2) is 0 Å². The second-order valence-electron chi connectivity index (χ2n) is 8.43. The maximum absolute atomic E-state index is 13.2. The first-order valence-corrected chi connectivity index (χ1v) is 11.8. The van der Waals surface area contributed by atoms with Crippen LogP contribution in [-0.2, 0) is 4.79 Å². The smallest absolute Gasteiger partial charge is 0.258 e. The number of ether oxygens (including phenoxy) is 1. The number of carbonyl (C=O) groups is 2. The van der Waals surface area contributed by atoms with Crippen molar-refractivity contribution in [2.24, 2.45) is 0 Å². The van der Waals surface area contributed by atoms with Crippen LogP contribution in [0.15, 0.2) is 78.9 Å². The third-order valence-electron chi connectivity index (χ3n) is 6.07. The monoisotopic (exact) mass is 457 g/mol. The van der Waals surface area contributed by atoms with Crippen LogP contribution in [0.3, 0.4) is 0 Å². The normalized spacial score (nSPS) is 16.1. The van der Waals surface area contributed by atoms with Gasteiger partial charge in [0, 0.05) is 24.0 Å². The maximum atomic E-state index is 13.2. The Labute approximate surface area is 200 Å². The summed E-state index contributed by atoms with van der Waals surface area (Å²) in [4.78, 5) is 28.0. The molecule has 176 valence electrons. The fourth-order valence-corrected chi connectivity index (χ4v) is 4.31. The second kappa shape index (κ2) is 10.9. The van der Waals surface area contributed by atoms with Crippen LogP contribution in [0.25, 0.3) is 0 Å². The Balaban J connectivity index is 1.39. The number of para-hydroxylation sites is 1. The molecule has 0 aliphatic carbocycles. The van der Waals surface area contributed by atoms with Crippen molar-refractivity contribution in [3.8, 4) is 5.75 Å². The van der Waals surface area contributed by atoms with Crippen LogP contribution < -0.4 is 15.4 Å². The van der Waals surface area contributed by atoms with Crippen molar-refractivity contribution in [3.63, 3.8) is 0 Å². The molecule has 6 nitrogen and oxygen atoms in total. The molecule has 34 heavy (non-hydrogen) atoms. The fraction of sp³-hybridized carbons (Fsp3) is 0.286. The first-order chi connectivity index (χ1) is 16.6. The van der Waals surface area contributed by atoms with Gasteiger partial charge in [0.1, 0.15) is 11.8 Å². The molecule has 2 amide bonds. The van der Waals surface area contributed by atoms with E-state index in [2.05, 4.69) is 29.7 Å². The minimum absolute atomic E-state index is 0.166. The van der Waals surface area contributed by atoms with E-state index in [-0.39, 0.29) is 17.9 Å². The summed E-state index contributed by atoms with van der Waals surface area (Å²) in [6.07, 6.45) is 1.43. The van der Waals surface area contributed by atoms with E-state index in [1.54, 1.807) is 17.0 Å². The van der Waals surface area contributed by atoms with Crippen LogP contribution in [-0.4, -0.2) is 35.9 Å². The number of hydrogen-bond acceptors (Lipinski definition) is 4. The van der Waals surface area contributed by atoms with Gasteiger partial charge in [-0.15, -0.1) is 0 Å². The van der Waals surface area contributed by atoms with Crippen molar-refractivity contribution >= 4 is 23.2 Å². The summed E-state index contributed by atoms with van der Waals surface area (Å²) in [5, 5.41) is 6.45. The maximum Gasteiger partial charge on any atom is 0.258 e. The molecule has 0 radical (unpaired) electrons. The number of nitrogens with zero attached hydrogens (tertiary/aromatic N) is 1. The number of carbonyl (C=O) groups excluding carboxylic acids is 2. The fourth-order valence-electron chi connectivity index (χ4n) is 4.31. The molecule has 3 aromatic carbocycles. The number of amides is 2. The molecule has 2 N–H and O–H groups in total. The summed E-state index contributed by atoms with van der Waals surface area (Å²) in [7, 11) is 0. The van der Waals surface area contributed by atoms with Crippen LogP contribution in [0.4, 0.5) is 11.4 Å². The van der Waals surface area contributed by atoms with Crippen LogP contribution >= 0.6 is 0 Å². The molecule has 0 aromatic heterocycles. The summed E-state index contributed by atoms with van der Waals surface area (Å²) < 4.78 is 5.62. The van der Waals surface area contributed by atoms with Gasteiger partial charge in [-0.2, -0.15) is 0 Å². The third-order valence-corrected chi connectivity index (χ3v) is 6.07. The molecular weight excluding hydrogens is 426 g/mol. The van der Waals surface area contributed by atoms with Gasteiger partial charge < -0.3 is 20.3 Å². The van der Waals surface area contributed by atoms with Gasteiger partial charge >= 0.3 is 0 Å². The van der Waals surface area contributed by atoms with Crippen molar-refractivity contribution in [1.29, 1.82) is 0 Å². The van der Waals surface area contributed by atoms with Gasteiger partial charge in [-0.05, 0) is 68.7 Å². The molecular formula is C28H31N3O3. The molecule has 1 saturated heterocycles. The molecule has 2 atom stereocenters. The van der Waals surface area contributed by atoms with Gasteiger partial charge in [0.2, 0.25) is 5.91 Å². The van der Waals surface area contributed by atoms with Crippen molar-refractivity contribution in [3.05, 3.63) is 90.0 Å². The Hall–Kier alpha value is -3.80. The molecule has 4 rings (SSSR count). The zero-order valence-electron chi connectivity index (χ0n) is 19.7. The number of likely N-dealkylation sites (tertiary alicyclic amines) is 1. The van der Waals surface area contributed by atoms with E-state index >= 15 is 0 Å². The molecule has 0 spiro atoms. The number of benzene rings is 3. The topological polar surface area (TPSA) is 70.7 Å². The summed E-state index contributed by atoms with van der Waals surface area (Å²) in [6, 6.07) is 24.8. The Bertz CT molecular complexity index is 1120. The van der Waals surface area contributed by atoms with Crippen molar-refractivity contribution in [1.82, 2.24) is 4.90 Å². The van der Waals surface area contributed by atoms with E-state index in [1.165, 1.54) is 5.56 Å². The highest BCUT2D eigenvalue weighted by Gasteiger charge is 2.35. The second-order valence-corrected chi connectivity index (χ2v) is 8.43. The number of nitrogens with one attached hydrogen (secondary N) is 2. The van der Waals surface area contributed by atoms with Gasteiger partial charge in [-0.1, -0.05) is 42.5 Å². The molecule has 1 fully saturated rings. The van der Waals surface area contributed by atoms with E-state index in [0.717, 1.165) is 12.1 Å². The van der Waals surface area contributed by atoms with Gasteiger partial charge in [-0.25, -0.2) is 0 Å². The predicted octanol–water partition coefficient (Wildman–Crippen LogP) is 5.50. The molecule has 3 aromatic rings. The van der Waals surface area contributed by atoms with E-state index in [0.29, 0.717) is 36.6 Å². The molecule has 0 saturated carbocycles. The summed E-state index contributed by atoms with van der Waals surface area (Å²) in [5.41, 5.74) is 3.38. The standard InChI is InChI=1S/C28H31N3O3/c1-3-34-26-14-8-7-12-24(26)28(33)31-19-9-13-25(31)27(32)30-23-17-15-22(16-18-23)29-20(2)21-10-5-4-6-11-21/h4-8,10-12,14-18,20,25,29H,3,9,13,19H2,1-2H3,(H,30,32). The minimum atomic E-state index is -0.502.